The molecule has 1 amide bonds. The standard InChI is InChI=1S/C16H23N3O6S/c1-11-3-5-12(6-4-11)18(2)16(20)10-25-15-8-7-13(26(17,23)24)9-14(15)19(21)22/h7-9,11-12H,3-6,10H2,1-2H3,(H2,17,23,24). The van der Waals surface area contributed by atoms with Crippen molar-refractivity contribution >= 4 is 21.6 Å². The van der Waals surface area contributed by atoms with Gasteiger partial charge in [0.2, 0.25) is 10.0 Å². The third-order valence-electron chi connectivity index (χ3n) is 4.73. The zero-order valence-electron chi connectivity index (χ0n) is 14.8. The first-order valence-corrected chi connectivity index (χ1v) is 9.84. The van der Waals surface area contributed by atoms with Crippen molar-refractivity contribution in [3.63, 3.8) is 0 Å². The topological polar surface area (TPSA) is 133 Å². The van der Waals surface area contributed by atoms with Gasteiger partial charge >= 0.3 is 5.69 Å². The van der Waals surface area contributed by atoms with Gasteiger partial charge in [0.15, 0.2) is 12.4 Å². The number of nitro groups is 1. The van der Waals surface area contributed by atoms with E-state index in [1.54, 1.807) is 11.9 Å². The van der Waals surface area contributed by atoms with Gasteiger partial charge in [0, 0.05) is 19.2 Å². The molecule has 0 unspecified atom stereocenters. The van der Waals surface area contributed by atoms with Crippen LogP contribution in [0.15, 0.2) is 23.1 Å². The van der Waals surface area contributed by atoms with Crippen LogP contribution < -0.4 is 9.88 Å². The van der Waals surface area contributed by atoms with Crippen molar-refractivity contribution in [1.29, 1.82) is 0 Å². The Balaban J connectivity index is 2.06. The highest BCUT2D eigenvalue weighted by atomic mass is 32.2. The highest BCUT2D eigenvalue weighted by Crippen LogP contribution is 2.30. The fraction of sp³-hybridized carbons (Fsp3) is 0.562. The van der Waals surface area contributed by atoms with Crippen LogP contribution in [-0.4, -0.2) is 43.8 Å². The van der Waals surface area contributed by atoms with Crippen LogP contribution in [0.3, 0.4) is 0 Å². The van der Waals surface area contributed by atoms with E-state index < -0.39 is 25.5 Å². The maximum atomic E-state index is 12.3. The summed E-state index contributed by atoms with van der Waals surface area (Å²) < 4.78 is 27.9. The summed E-state index contributed by atoms with van der Waals surface area (Å²) in [6, 6.07) is 3.20. The molecule has 0 radical (unpaired) electrons. The predicted molar refractivity (Wildman–Crippen MR) is 94.2 cm³/mol. The van der Waals surface area contributed by atoms with Gasteiger partial charge in [0.05, 0.1) is 9.82 Å². The molecule has 1 aromatic rings. The van der Waals surface area contributed by atoms with Crippen LogP contribution in [0.5, 0.6) is 5.75 Å². The zero-order chi connectivity index (χ0) is 19.5. The average molecular weight is 385 g/mol. The molecule has 0 saturated heterocycles. The van der Waals surface area contributed by atoms with E-state index >= 15 is 0 Å². The van der Waals surface area contributed by atoms with Gasteiger partial charge in [-0.15, -0.1) is 0 Å². The number of amides is 1. The molecular formula is C16H23N3O6S. The number of carbonyl (C=O) groups is 1. The molecule has 2 rings (SSSR count). The smallest absolute Gasteiger partial charge is 0.312 e. The number of sulfonamides is 1. The monoisotopic (exact) mass is 385 g/mol. The lowest BCUT2D eigenvalue weighted by Crippen LogP contribution is -2.41. The molecule has 144 valence electrons. The first-order chi connectivity index (χ1) is 12.1. The number of likely N-dealkylation sites (N-methyl/N-ethyl adjacent to an activating group) is 1. The molecule has 0 aliphatic heterocycles. The summed E-state index contributed by atoms with van der Waals surface area (Å²) in [5, 5.41) is 16.1. The number of primary sulfonamides is 1. The molecule has 0 heterocycles. The van der Waals surface area contributed by atoms with E-state index in [4.69, 9.17) is 9.88 Å². The second-order valence-corrected chi connectivity index (χ2v) is 8.20. The average Bonchev–Trinajstić information content (AvgIpc) is 2.58. The Morgan fingerprint density at radius 3 is 2.50 bits per heavy atom. The lowest BCUT2D eigenvalue weighted by atomic mass is 9.87. The minimum Gasteiger partial charge on any atom is -0.477 e. The summed E-state index contributed by atoms with van der Waals surface area (Å²) in [6.07, 6.45) is 3.96. The van der Waals surface area contributed by atoms with Crippen molar-refractivity contribution in [2.24, 2.45) is 11.1 Å². The van der Waals surface area contributed by atoms with Crippen molar-refractivity contribution in [2.75, 3.05) is 13.7 Å². The van der Waals surface area contributed by atoms with Crippen molar-refractivity contribution in [3.8, 4) is 5.75 Å². The van der Waals surface area contributed by atoms with Crippen LogP contribution in [0, 0.1) is 16.0 Å². The predicted octanol–water partition coefficient (Wildman–Crippen LogP) is 1.66. The molecule has 0 aromatic heterocycles. The first-order valence-electron chi connectivity index (χ1n) is 8.29. The Hall–Kier alpha value is -2.20. The van der Waals surface area contributed by atoms with E-state index in [1.807, 2.05) is 0 Å². The second-order valence-electron chi connectivity index (χ2n) is 6.64. The number of hydrogen-bond acceptors (Lipinski definition) is 6. The Morgan fingerprint density at radius 1 is 1.35 bits per heavy atom. The Bertz CT molecular complexity index is 787. The molecule has 2 N–H and O–H groups in total. The number of rotatable bonds is 6. The second kappa shape index (κ2) is 8.00. The number of nitrogens with zero attached hydrogens (tertiary/aromatic N) is 2. The Labute approximate surface area is 152 Å². The molecule has 9 nitrogen and oxygen atoms in total. The normalized spacial score (nSPS) is 20.4. The molecule has 26 heavy (non-hydrogen) atoms. The van der Waals surface area contributed by atoms with Crippen molar-refractivity contribution < 1.29 is 22.9 Å². The van der Waals surface area contributed by atoms with Gasteiger partial charge in [-0.2, -0.15) is 0 Å². The minimum atomic E-state index is -4.07. The van der Waals surface area contributed by atoms with Gasteiger partial charge in [-0.05, 0) is 43.7 Å². The van der Waals surface area contributed by atoms with Crippen LogP contribution in [0.2, 0.25) is 0 Å². The molecule has 1 aliphatic rings. The van der Waals surface area contributed by atoms with Crippen LogP contribution in [0.4, 0.5) is 5.69 Å². The fourth-order valence-electron chi connectivity index (χ4n) is 3.01. The number of carbonyl (C=O) groups excluding carboxylic acids is 1. The maximum absolute atomic E-state index is 12.3. The SMILES string of the molecule is CC1CCC(N(C)C(=O)COc2ccc(S(N)(=O)=O)cc2[N+](=O)[O-])CC1. The molecular weight excluding hydrogens is 362 g/mol. The number of ether oxygens (including phenoxy) is 1. The number of benzene rings is 1. The van der Waals surface area contributed by atoms with E-state index in [9.17, 15) is 23.3 Å². The van der Waals surface area contributed by atoms with Gasteiger partial charge < -0.3 is 9.64 Å². The molecule has 1 saturated carbocycles. The summed E-state index contributed by atoms with van der Waals surface area (Å²) in [7, 11) is -2.38. The molecule has 0 bridgehead atoms. The van der Waals surface area contributed by atoms with E-state index in [2.05, 4.69) is 6.92 Å². The summed E-state index contributed by atoms with van der Waals surface area (Å²) in [4.78, 5) is 23.9. The molecule has 10 heteroatoms. The Kier molecular flexibility index (Phi) is 6.19. The fourth-order valence-corrected chi connectivity index (χ4v) is 3.55. The first kappa shape index (κ1) is 20.1. The largest absolute Gasteiger partial charge is 0.477 e. The molecule has 0 spiro atoms. The van der Waals surface area contributed by atoms with Gasteiger partial charge in [-0.25, -0.2) is 13.6 Å². The lowest BCUT2D eigenvalue weighted by molar-refractivity contribution is -0.386. The molecule has 0 atom stereocenters. The summed E-state index contributed by atoms with van der Waals surface area (Å²) in [5.74, 6) is 0.196. The van der Waals surface area contributed by atoms with Crippen LogP contribution in [-0.2, 0) is 14.8 Å². The molecule has 1 fully saturated rings. The summed E-state index contributed by atoms with van der Waals surface area (Å²) >= 11 is 0. The summed E-state index contributed by atoms with van der Waals surface area (Å²) in [6.45, 7) is 1.82. The number of nitro benzene ring substituents is 1. The molecule has 1 aromatic carbocycles. The van der Waals surface area contributed by atoms with E-state index in [-0.39, 0.29) is 24.3 Å². The number of nitrogens with two attached hydrogens (primary N) is 1. The molecule has 1 aliphatic carbocycles. The van der Waals surface area contributed by atoms with Crippen molar-refractivity contribution in [3.05, 3.63) is 28.3 Å². The lowest BCUT2D eigenvalue weighted by Gasteiger charge is -2.33. The van der Waals surface area contributed by atoms with Crippen LogP contribution in [0.1, 0.15) is 32.6 Å². The third kappa shape index (κ3) is 4.92. The van der Waals surface area contributed by atoms with Crippen molar-refractivity contribution in [2.45, 2.75) is 43.5 Å². The maximum Gasteiger partial charge on any atom is 0.312 e. The van der Waals surface area contributed by atoms with Gasteiger partial charge in [0.1, 0.15) is 0 Å². The zero-order valence-corrected chi connectivity index (χ0v) is 15.6. The van der Waals surface area contributed by atoms with Gasteiger partial charge in [-0.1, -0.05) is 6.92 Å². The highest BCUT2D eigenvalue weighted by Gasteiger charge is 2.26. The Morgan fingerprint density at radius 2 is 1.96 bits per heavy atom. The number of hydrogen-bond donors (Lipinski definition) is 1. The van der Waals surface area contributed by atoms with Crippen molar-refractivity contribution in [1.82, 2.24) is 4.90 Å². The quantitative estimate of drug-likeness (QED) is 0.585. The van der Waals surface area contributed by atoms with E-state index in [0.717, 1.165) is 43.9 Å². The van der Waals surface area contributed by atoms with E-state index in [1.165, 1.54) is 0 Å². The van der Waals surface area contributed by atoms with E-state index in [0.29, 0.717) is 5.92 Å². The minimum absolute atomic E-state index is 0.141. The van der Waals surface area contributed by atoms with Crippen LogP contribution >= 0.6 is 0 Å². The third-order valence-corrected chi connectivity index (χ3v) is 5.64. The highest BCUT2D eigenvalue weighted by molar-refractivity contribution is 7.89. The van der Waals surface area contributed by atoms with Crippen LogP contribution in [0.25, 0.3) is 0 Å². The summed E-state index contributed by atoms with van der Waals surface area (Å²) in [5.41, 5.74) is -0.557. The van der Waals surface area contributed by atoms with Gasteiger partial charge in [0.25, 0.3) is 5.91 Å². The van der Waals surface area contributed by atoms with Gasteiger partial charge in [-0.3, -0.25) is 14.9 Å².